The SMILES string of the molecule is C=C/C=C\C=C(/C)CCCC(C)C. The van der Waals surface area contributed by atoms with Gasteiger partial charge in [-0.2, -0.15) is 0 Å². The molecule has 0 nitrogen and oxygen atoms in total. The lowest BCUT2D eigenvalue weighted by atomic mass is 10.0. The van der Waals surface area contributed by atoms with Gasteiger partial charge in [0, 0.05) is 0 Å². The predicted octanol–water partition coefficient (Wildman–Crippen LogP) is 4.50. The first-order valence-corrected chi connectivity index (χ1v) is 5.11. The molecule has 0 heterocycles. The summed E-state index contributed by atoms with van der Waals surface area (Å²) in [6.45, 7) is 10.4. The predicted molar refractivity (Wildman–Crippen MR) is 61.8 cm³/mol. The monoisotopic (exact) mass is 178 g/mol. The molecule has 0 bridgehead atoms. The Balaban J connectivity index is 3.60. The highest BCUT2D eigenvalue weighted by Gasteiger charge is 1.94. The Morgan fingerprint density at radius 1 is 1.31 bits per heavy atom. The second-order valence-corrected chi connectivity index (χ2v) is 3.92. The first-order valence-electron chi connectivity index (χ1n) is 5.11. The third-order valence-corrected chi connectivity index (χ3v) is 1.98. The van der Waals surface area contributed by atoms with E-state index < -0.39 is 0 Å². The van der Waals surface area contributed by atoms with Crippen LogP contribution in [0.4, 0.5) is 0 Å². The molecule has 0 fully saturated rings. The summed E-state index contributed by atoms with van der Waals surface area (Å²) < 4.78 is 0. The highest BCUT2D eigenvalue weighted by atomic mass is 14.0. The van der Waals surface area contributed by atoms with Crippen molar-refractivity contribution in [1.82, 2.24) is 0 Å². The summed E-state index contributed by atoms with van der Waals surface area (Å²) >= 11 is 0. The third-order valence-electron chi connectivity index (χ3n) is 1.98. The van der Waals surface area contributed by atoms with E-state index in [9.17, 15) is 0 Å². The van der Waals surface area contributed by atoms with Gasteiger partial charge in [0.1, 0.15) is 0 Å². The topological polar surface area (TPSA) is 0 Å². The molecule has 0 amide bonds. The van der Waals surface area contributed by atoms with Crippen LogP contribution in [0.25, 0.3) is 0 Å². The normalized spacial score (nSPS) is 12.8. The van der Waals surface area contributed by atoms with Gasteiger partial charge in [0.25, 0.3) is 0 Å². The highest BCUT2D eigenvalue weighted by Crippen LogP contribution is 2.11. The molecule has 0 saturated carbocycles. The van der Waals surface area contributed by atoms with Gasteiger partial charge in [-0.3, -0.25) is 0 Å². The molecule has 13 heavy (non-hydrogen) atoms. The van der Waals surface area contributed by atoms with Crippen molar-refractivity contribution in [1.29, 1.82) is 0 Å². The maximum absolute atomic E-state index is 3.63. The van der Waals surface area contributed by atoms with E-state index in [-0.39, 0.29) is 0 Å². The molecule has 0 aliphatic rings. The van der Waals surface area contributed by atoms with Crippen molar-refractivity contribution in [2.24, 2.45) is 5.92 Å². The minimum Gasteiger partial charge on any atom is -0.0991 e. The summed E-state index contributed by atoms with van der Waals surface area (Å²) in [6, 6.07) is 0. The van der Waals surface area contributed by atoms with Crippen LogP contribution in [0.5, 0.6) is 0 Å². The molecule has 0 aromatic heterocycles. The molecule has 74 valence electrons. The minimum atomic E-state index is 0.830. The highest BCUT2D eigenvalue weighted by molar-refractivity contribution is 5.13. The van der Waals surface area contributed by atoms with Crippen LogP contribution in [0.2, 0.25) is 0 Å². The molecular weight excluding hydrogens is 156 g/mol. The Labute approximate surface area is 83.0 Å². The van der Waals surface area contributed by atoms with E-state index in [0.717, 1.165) is 5.92 Å². The molecule has 0 N–H and O–H groups in total. The first kappa shape index (κ1) is 12.2. The van der Waals surface area contributed by atoms with Crippen molar-refractivity contribution in [2.75, 3.05) is 0 Å². The van der Waals surface area contributed by atoms with Gasteiger partial charge < -0.3 is 0 Å². The van der Waals surface area contributed by atoms with Crippen LogP contribution in [0, 0.1) is 5.92 Å². The smallest absolute Gasteiger partial charge is 0.0320 e. The van der Waals surface area contributed by atoms with Gasteiger partial charge >= 0.3 is 0 Å². The molecule has 0 aliphatic heterocycles. The summed E-state index contributed by atoms with van der Waals surface area (Å²) in [5, 5.41) is 0. The fraction of sp³-hybridized carbons (Fsp3) is 0.538. The third kappa shape index (κ3) is 9.13. The molecule has 0 heteroatoms. The van der Waals surface area contributed by atoms with Gasteiger partial charge in [-0.15, -0.1) is 0 Å². The van der Waals surface area contributed by atoms with Gasteiger partial charge in [0.05, 0.1) is 0 Å². The molecule has 0 radical (unpaired) electrons. The maximum atomic E-state index is 3.63. The molecule has 0 aliphatic carbocycles. The fourth-order valence-corrected chi connectivity index (χ4v) is 1.17. The molecule has 0 rings (SSSR count). The van der Waals surface area contributed by atoms with Gasteiger partial charge in [0.2, 0.25) is 0 Å². The van der Waals surface area contributed by atoms with Crippen LogP contribution in [0.3, 0.4) is 0 Å². The average molecular weight is 178 g/mol. The van der Waals surface area contributed by atoms with Gasteiger partial charge in [0.15, 0.2) is 0 Å². The zero-order valence-corrected chi connectivity index (χ0v) is 9.22. The second-order valence-electron chi connectivity index (χ2n) is 3.92. The van der Waals surface area contributed by atoms with Crippen molar-refractivity contribution in [3.63, 3.8) is 0 Å². The number of hydrogen-bond acceptors (Lipinski definition) is 0. The Kier molecular flexibility index (Phi) is 7.38. The lowest BCUT2D eigenvalue weighted by molar-refractivity contribution is 0.555. The van der Waals surface area contributed by atoms with Crippen molar-refractivity contribution in [3.8, 4) is 0 Å². The van der Waals surface area contributed by atoms with Gasteiger partial charge in [-0.25, -0.2) is 0 Å². The minimum absolute atomic E-state index is 0.830. The summed E-state index contributed by atoms with van der Waals surface area (Å²) in [7, 11) is 0. The van der Waals surface area contributed by atoms with Crippen molar-refractivity contribution >= 4 is 0 Å². The van der Waals surface area contributed by atoms with E-state index in [1.54, 1.807) is 6.08 Å². The summed E-state index contributed by atoms with van der Waals surface area (Å²) in [6.07, 6.45) is 11.8. The van der Waals surface area contributed by atoms with E-state index in [2.05, 4.69) is 39.5 Å². The molecule has 0 aromatic rings. The van der Waals surface area contributed by atoms with Crippen LogP contribution in [0.15, 0.2) is 36.5 Å². The largest absolute Gasteiger partial charge is 0.0991 e. The maximum Gasteiger partial charge on any atom is -0.0320 e. The van der Waals surface area contributed by atoms with Crippen LogP contribution < -0.4 is 0 Å². The Morgan fingerprint density at radius 3 is 2.54 bits per heavy atom. The average Bonchev–Trinajstić information content (AvgIpc) is 2.04. The van der Waals surface area contributed by atoms with Crippen LogP contribution in [-0.4, -0.2) is 0 Å². The second kappa shape index (κ2) is 7.85. The molecule has 0 spiro atoms. The standard InChI is InChI=1S/C13H22/c1-5-6-7-10-13(4)11-8-9-12(2)3/h5-7,10,12H,1,8-9,11H2,2-4H3/b7-6-,13-10+. The lowest BCUT2D eigenvalue weighted by Crippen LogP contribution is -1.87. The lowest BCUT2D eigenvalue weighted by Gasteiger charge is -2.03. The molecule has 0 aromatic carbocycles. The van der Waals surface area contributed by atoms with Crippen molar-refractivity contribution in [3.05, 3.63) is 36.5 Å². The molecule has 0 unspecified atom stereocenters. The zero-order valence-electron chi connectivity index (χ0n) is 9.22. The summed E-state index contributed by atoms with van der Waals surface area (Å²) in [5.74, 6) is 0.830. The van der Waals surface area contributed by atoms with E-state index in [1.807, 2.05) is 6.08 Å². The van der Waals surface area contributed by atoms with E-state index in [0.29, 0.717) is 0 Å². The quantitative estimate of drug-likeness (QED) is 0.525. The number of hydrogen-bond donors (Lipinski definition) is 0. The van der Waals surface area contributed by atoms with E-state index >= 15 is 0 Å². The van der Waals surface area contributed by atoms with Crippen molar-refractivity contribution < 1.29 is 0 Å². The Bertz CT molecular complexity index is 182. The van der Waals surface area contributed by atoms with Gasteiger partial charge in [-0.05, 0) is 25.7 Å². The zero-order chi connectivity index (χ0) is 10.1. The summed E-state index contributed by atoms with van der Waals surface area (Å²) in [5.41, 5.74) is 1.46. The van der Waals surface area contributed by atoms with Crippen LogP contribution >= 0.6 is 0 Å². The first-order chi connectivity index (χ1) is 6.16. The van der Waals surface area contributed by atoms with Crippen LogP contribution in [-0.2, 0) is 0 Å². The molecule has 0 atom stereocenters. The fourth-order valence-electron chi connectivity index (χ4n) is 1.17. The summed E-state index contributed by atoms with van der Waals surface area (Å²) in [4.78, 5) is 0. The van der Waals surface area contributed by atoms with E-state index in [4.69, 9.17) is 0 Å². The van der Waals surface area contributed by atoms with Gasteiger partial charge in [-0.1, -0.05) is 56.7 Å². The molecule has 0 saturated heterocycles. The van der Waals surface area contributed by atoms with Crippen LogP contribution in [0.1, 0.15) is 40.0 Å². The Morgan fingerprint density at radius 2 is 2.00 bits per heavy atom. The van der Waals surface area contributed by atoms with Crippen molar-refractivity contribution in [2.45, 2.75) is 40.0 Å². The Hall–Kier alpha value is -0.780. The molecular formula is C13H22. The van der Waals surface area contributed by atoms with E-state index in [1.165, 1.54) is 24.8 Å². The number of allylic oxidation sites excluding steroid dienone is 5. The number of rotatable bonds is 6.